The highest BCUT2D eigenvalue weighted by Crippen LogP contribution is 2.05. The lowest BCUT2D eigenvalue weighted by molar-refractivity contribution is 0.0970. The van der Waals surface area contributed by atoms with E-state index in [1.807, 2.05) is 49.4 Å². The fourth-order valence-corrected chi connectivity index (χ4v) is 1.66. The van der Waals surface area contributed by atoms with Crippen molar-refractivity contribution in [1.29, 1.82) is 0 Å². The summed E-state index contributed by atoms with van der Waals surface area (Å²) in [5.41, 5.74) is 2.93. The summed E-state index contributed by atoms with van der Waals surface area (Å²) in [6, 6.07) is 17.3. The van der Waals surface area contributed by atoms with Gasteiger partial charge in [0, 0.05) is 11.8 Å². The molecule has 2 rings (SSSR count). The maximum Gasteiger partial charge on any atom is 0.255 e. The molecule has 1 N–H and O–H groups in total. The number of carbonyl (C=O) groups is 1. The number of aryl methyl sites for hydroxylation is 1. The molecule has 0 spiro atoms. The molecule has 18 heavy (non-hydrogen) atoms. The molecule has 2 aromatic carbocycles. The van der Waals surface area contributed by atoms with Crippen molar-refractivity contribution < 1.29 is 4.79 Å². The largest absolute Gasteiger partial charge is 0.329 e. The molecule has 2 heteroatoms. The van der Waals surface area contributed by atoms with Crippen molar-refractivity contribution in [3.05, 3.63) is 77.5 Å². The van der Waals surface area contributed by atoms with E-state index in [0.717, 1.165) is 5.56 Å². The highest BCUT2D eigenvalue weighted by Gasteiger charge is 2.00. The Labute approximate surface area is 107 Å². The van der Waals surface area contributed by atoms with E-state index in [2.05, 4.69) is 11.4 Å². The van der Waals surface area contributed by atoms with Crippen LogP contribution < -0.4 is 5.32 Å². The van der Waals surface area contributed by atoms with Gasteiger partial charge in [0.1, 0.15) is 0 Å². The highest BCUT2D eigenvalue weighted by atomic mass is 16.1. The zero-order chi connectivity index (χ0) is 12.8. The minimum absolute atomic E-state index is 0.0977. The van der Waals surface area contributed by atoms with Crippen LogP contribution in [0.4, 0.5) is 0 Å². The minimum atomic E-state index is -0.0977. The molecule has 0 fully saturated rings. The smallest absolute Gasteiger partial charge is 0.255 e. The lowest BCUT2D eigenvalue weighted by Gasteiger charge is -1.99. The van der Waals surface area contributed by atoms with Gasteiger partial charge in [-0.3, -0.25) is 4.79 Å². The van der Waals surface area contributed by atoms with Crippen molar-refractivity contribution in [3.8, 4) is 0 Å². The topological polar surface area (TPSA) is 29.1 Å². The summed E-state index contributed by atoms with van der Waals surface area (Å²) in [6.07, 6.45) is 3.55. The van der Waals surface area contributed by atoms with Gasteiger partial charge in [-0.15, -0.1) is 0 Å². The molecule has 0 atom stereocenters. The summed E-state index contributed by atoms with van der Waals surface area (Å²) in [4.78, 5) is 11.7. The molecule has 0 aromatic heterocycles. The summed E-state index contributed by atoms with van der Waals surface area (Å²) in [7, 11) is 0. The Hall–Kier alpha value is -2.35. The average molecular weight is 237 g/mol. The lowest BCUT2D eigenvalue weighted by Crippen LogP contribution is -2.16. The summed E-state index contributed by atoms with van der Waals surface area (Å²) < 4.78 is 0. The zero-order valence-electron chi connectivity index (χ0n) is 10.3. The van der Waals surface area contributed by atoms with Crippen molar-refractivity contribution >= 4 is 12.0 Å². The Kier molecular flexibility index (Phi) is 3.92. The van der Waals surface area contributed by atoms with E-state index < -0.39 is 0 Å². The molecule has 0 aliphatic heterocycles. The van der Waals surface area contributed by atoms with Gasteiger partial charge in [-0.1, -0.05) is 48.0 Å². The SMILES string of the molecule is Cc1cccc(/C=C/NC(=O)c2ccccc2)c1. The third kappa shape index (κ3) is 3.32. The van der Waals surface area contributed by atoms with Crippen molar-refractivity contribution in [3.63, 3.8) is 0 Å². The van der Waals surface area contributed by atoms with Crippen molar-refractivity contribution in [2.45, 2.75) is 6.92 Å². The third-order valence-corrected chi connectivity index (χ3v) is 2.57. The monoisotopic (exact) mass is 237 g/mol. The van der Waals surface area contributed by atoms with Gasteiger partial charge >= 0.3 is 0 Å². The second-order valence-corrected chi connectivity index (χ2v) is 4.09. The second kappa shape index (κ2) is 5.82. The summed E-state index contributed by atoms with van der Waals surface area (Å²) in [5, 5.41) is 2.75. The first kappa shape index (κ1) is 12.1. The first-order chi connectivity index (χ1) is 8.75. The molecular weight excluding hydrogens is 222 g/mol. The number of benzene rings is 2. The Bertz CT molecular complexity index is 558. The molecule has 0 aliphatic carbocycles. The molecule has 0 aliphatic rings. The van der Waals surface area contributed by atoms with Gasteiger partial charge in [0.05, 0.1) is 0 Å². The number of hydrogen-bond acceptors (Lipinski definition) is 1. The molecule has 0 bridgehead atoms. The van der Waals surface area contributed by atoms with Crippen LogP contribution in [0.2, 0.25) is 0 Å². The van der Waals surface area contributed by atoms with Crippen LogP contribution >= 0.6 is 0 Å². The zero-order valence-corrected chi connectivity index (χ0v) is 10.3. The molecule has 0 unspecified atom stereocenters. The van der Waals surface area contributed by atoms with Crippen LogP contribution in [-0.2, 0) is 0 Å². The quantitative estimate of drug-likeness (QED) is 0.871. The van der Waals surface area contributed by atoms with Gasteiger partial charge in [0.25, 0.3) is 5.91 Å². The van der Waals surface area contributed by atoms with Crippen molar-refractivity contribution in [1.82, 2.24) is 5.32 Å². The van der Waals surface area contributed by atoms with E-state index in [1.54, 1.807) is 18.3 Å². The van der Waals surface area contributed by atoms with Crippen LogP contribution in [0, 0.1) is 6.92 Å². The lowest BCUT2D eigenvalue weighted by atomic mass is 10.1. The van der Waals surface area contributed by atoms with Gasteiger partial charge in [-0.2, -0.15) is 0 Å². The molecule has 0 radical (unpaired) electrons. The molecule has 0 heterocycles. The van der Waals surface area contributed by atoms with Gasteiger partial charge in [-0.25, -0.2) is 0 Å². The van der Waals surface area contributed by atoms with Crippen LogP contribution in [0.15, 0.2) is 60.8 Å². The summed E-state index contributed by atoms with van der Waals surface area (Å²) in [5.74, 6) is -0.0977. The molecule has 0 saturated heterocycles. The fraction of sp³-hybridized carbons (Fsp3) is 0.0625. The predicted molar refractivity (Wildman–Crippen MR) is 74.1 cm³/mol. The van der Waals surface area contributed by atoms with Crippen LogP contribution in [0.3, 0.4) is 0 Å². The maximum atomic E-state index is 11.7. The minimum Gasteiger partial charge on any atom is -0.329 e. The number of amides is 1. The normalized spacial score (nSPS) is 10.5. The summed E-state index contributed by atoms with van der Waals surface area (Å²) in [6.45, 7) is 2.04. The molecule has 90 valence electrons. The Balaban J connectivity index is 1.98. The molecular formula is C16H15NO. The maximum absolute atomic E-state index is 11.7. The average Bonchev–Trinajstić information content (AvgIpc) is 2.40. The second-order valence-electron chi connectivity index (χ2n) is 4.09. The van der Waals surface area contributed by atoms with Gasteiger partial charge in [0.2, 0.25) is 0 Å². The van der Waals surface area contributed by atoms with E-state index in [1.165, 1.54) is 5.56 Å². The Morgan fingerprint density at radius 1 is 1.06 bits per heavy atom. The van der Waals surface area contributed by atoms with Crippen LogP contribution in [0.5, 0.6) is 0 Å². The number of hydrogen-bond donors (Lipinski definition) is 1. The van der Waals surface area contributed by atoms with Crippen LogP contribution in [0.1, 0.15) is 21.5 Å². The standard InChI is InChI=1S/C16H15NO/c1-13-6-5-7-14(12-13)10-11-17-16(18)15-8-3-2-4-9-15/h2-12H,1H3,(H,17,18)/b11-10+. The van der Waals surface area contributed by atoms with E-state index >= 15 is 0 Å². The predicted octanol–water partition coefficient (Wildman–Crippen LogP) is 3.40. The van der Waals surface area contributed by atoms with E-state index in [9.17, 15) is 4.79 Å². The molecule has 2 aromatic rings. The van der Waals surface area contributed by atoms with Crippen molar-refractivity contribution in [2.24, 2.45) is 0 Å². The van der Waals surface area contributed by atoms with E-state index in [4.69, 9.17) is 0 Å². The molecule has 1 amide bonds. The first-order valence-electron chi connectivity index (χ1n) is 5.85. The molecule has 2 nitrogen and oxygen atoms in total. The van der Waals surface area contributed by atoms with Crippen LogP contribution in [0.25, 0.3) is 6.08 Å². The van der Waals surface area contributed by atoms with Gasteiger partial charge in [0.15, 0.2) is 0 Å². The number of rotatable bonds is 3. The van der Waals surface area contributed by atoms with E-state index in [-0.39, 0.29) is 5.91 Å². The molecule has 0 saturated carbocycles. The van der Waals surface area contributed by atoms with Gasteiger partial charge < -0.3 is 5.32 Å². The summed E-state index contributed by atoms with van der Waals surface area (Å²) >= 11 is 0. The Morgan fingerprint density at radius 2 is 1.83 bits per heavy atom. The van der Waals surface area contributed by atoms with E-state index in [0.29, 0.717) is 5.56 Å². The number of nitrogens with one attached hydrogen (secondary N) is 1. The van der Waals surface area contributed by atoms with Gasteiger partial charge in [-0.05, 0) is 30.7 Å². The third-order valence-electron chi connectivity index (χ3n) is 2.57. The van der Waals surface area contributed by atoms with Crippen molar-refractivity contribution in [2.75, 3.05) is 0 Å². The Morgan fingerprint density at radius 3 is 2.56 bits per heavy atom. The highest BCUT2D eigenvalue weighted by molar-refractivity contribution is 5.95. The van der Waals surface area contributed by atoms with Crippen LogP contribution in [-0.4, -0.2) is 5.91 Å². The fourth-order valence-electron chi connectivity index (χ4n) is 1.66. The number of carbonyl (C=O) groups excluding carboxylic acids is 1. The first-order valence-corrected chi connectivity index (χ1v) is 5.85.